The van der Waals surface area contributed by atoms with E-state index >= 15 is 0 Å². The van der Waals surface area contributed by atoms with Crippen molar-refractivity contribution in [3.63, 3.8) is 0 Å². The molecule has 1 saturated heterocycles. The maximum absolute atomic E-state index is 14.0. The first-order valence-electron chi connectivity index (χ1n) is 6.61. The number of alkyl halides is 1. The molecule has 0 aliphatic carbocycles. The van der Waals surface area contributed by atoms with Gasteiger partial charge in [0.05, 0.1) is 17.3 Å². The summed E-state index contributed by atoms with van der Waals surface area (Å²) in [6.07, 6.45) is 0.867. The molecule has 0 radical (unpaired) electrons. The Morgan fingerprint density at radius 3 is 2.75 bits per heavy atom. The van der Waals surface area contributed by atoms with E-state index in [1.807, 2.05) is 30.3 Å². The van der Waals surface area contributed by atoms with E-state index in [1.165, 1.54) is 0 Å². The van der Waals surface area contributed by atoms with Crippen LogP contribution in [0.1, 0.15) is 30.1 Å². The second kappa shape index (κ2) is 4.96. The van der Waals surface area contributed by atoms with Gasteiger partial charge in [0.15, 0.2) is 6.30 Å². The minimum atomic E-state index is -1.28. The standard InChI is InChI=1S/C14H17FN4O/c1-19-9-12(17-18-19)11-7-14(20,8-13(15)16-11)10-5-3-2-4-6-10/h2-6,9,11,13,16,20H,7-8H2,1H3/t11-,13+,14+/m0/s1. The largest absolute Gasteiger partial charge is 0.385 e. The summed E-state index contributed by atoms with van der Waals surface area (Å²) in [7, 11) is 1.76. The number of aromatic nitrogens is 3. The Bertz CT molecular complexity index is 588. The molecule has 6 heteroatoms. The fourth-order valence-electron chi connectivity index (χ4n) is 2.75. The SMILES string of the molecule is Cn1cc([C@@H]2C[C@](O)(c3ccccc3)C[C@H](F)N2)nn1. The Balaban J connectivity index is 1.90. The Kier molecular flexibility index (Phi) is 3.27. The average Bonchev–Trinajstić information content (AvgIpc) is 2.86. The van der Waals surface area contributed by atoms with E-state index in [0.717, 1.165) is 5.56 Å². The molecule has 20 heavy (non-hydrogen) atoms. The fourth-order valence-corrected chi connectivity index (χ4v) is 2.75. The lowest BCUT2D eigenvalue weighted by Gasteiger charge is -2.39. The number of aryl methyl sites for hydroxylation is 1. The molecule has 3 atom stereocenters. The summed E-state index contributed by atoms with van der Waals surface area (Å²) in [4.78, 5) is 0. The van der Waals surface area contributed by atoms with Gasteiger partial charge >= 0.3 is 0 Å². The molecular weight excluding hydrogens is 259 g/mol. The number of aliphatic hydroxyl groups is 1. The van der Waals surface area contributed by atoms with Gasteiger partial charge in [0, 0.05) is 26.1 Å². The number of nitrogens with zero attached hydrogens (tertiary/aromatic N) is 3. The number of halogens is 1. The molecule has 2 aromatic rings. The number of nitrogens with one attached hydrogen (secondary N) is 1. The molecule has 1 aromatic heterocycles. The van der Waals surface area contributed by atoms with Crippen LogP contribution in [0.15, 0.2) is 36.5 Å². The van der Waals surface area contributed by atoms with Gasteiger partial charge in [-0.2, -0.15) is 0 Å². The molecule has 0 spiro atoms. The second-order valence-corrected chi connectivity index (χ2v) is 5.31. The van der Waals surface area contributed by atoms with Crippen molar-refractivity contribution in [2.24, 2.45) is 7.05 Å². The summed E-state index contributed by atoms with van der Waals surface area (Å²) in [5.74, 6) is 0. The Morgan fingerprint density at radius 1 is 1.35 bits per heavy atom. The van der Waals surface area contributed by atoms with Crippen LogP contribution < -0.4 is 5.32 Å². The lowest BCUT2D eigenvalue weighted by atomic mass is 9.80. The third-order valence-electron chi connectivity index (χ3n) is 3.73. The fraction of sp³-hybridized carbons (Fsp3) is 0.429. The van der Waals surface area contributed by atoms with Crippen molar-refractivity contribution in [3.05, 3.63) is 47.8 Å². The molecule has 2 N–H and O–H groups in total. The van der Waals surface area contributed by atoms with E-state index in [-0.39, 0.29) is 12.5 Å². The maximum Gasteiger partial charge on any atom is 0.154 e. The summed E-state index contributed by atoms with van der Waals surface area (Å²) >= 11 is 0. The van der Waals surface area contributed by atoms with Crippen molar-refractivity contribution in [3.8, 4) is 0 Å². The van der Waals surface area contributed by atoms with Gasteiger partial charge in [-0.1, -0.05) is 35.5 Å². The molecule has 1 aliphatic rings. The number of rotatable bonds is 2. The number of hydrogen-bond acceptors (Lipinski definition) is 4. The zero-order chi connectivity index (χ0) is 14.2. The minimum absolute atomic E-state index is 0.0355. The molecule has 1 aromatic carbocycles. The lowest BCUT2D eigenvalue weighted by molar-refractivity contribution is -0.0499. The molecule has 1 aliphatic heterocycles. The Labute approximate surface area is 116 Å². The van der Waals surface area contributed by atoms with Crippen LogP contribution in [0.5, 0.6) is 0 Å². The van der Waals surface area contributed by atoms with Gasteiger partial charge in [-0.05, 0) is 5.56 Å². The predicted octanol–water partition coefficient (Wildman–Crippen LogP) is 1.42. The van der Waals surface area contributed by atoms with E-state index in [2.05, 4.69) is 15.6 Å². The first kappa shape index (κ1) is 13.2. The van der Waals surface area contributed by atoms with E-state index in [9.17, 15) is 9.50 Å². The quantitative estimate of drug-likeness (QED) is 0.814. The zero-order valence-electron chi connectivity index (χ0n) is 11.2. The molecule has 0 amide bonds. The van der Waals surface area contributed by atoms with Gasteiger partial charge in [0.25, 0.3) is 0 Å². The summed E-state index contributed by atoms with van der Waals surface area (Å²) in [5, 5.41) is 21.5. The van der Waals surface area contributed by atoms with Crippen LogP contribution in [0, 0.1) is 0 Å². The summed E-state index contributed by atoms with van der Waals surface area (Å²) in [6.45, 7) is 0. The summed E-state index contributed by atoms with van der Waals surface area (Å²) in [5.41, 5.74) is 0.191. The molecule has 0 unspecified atom stereocenters. The molecule has 2 heterocycles. The third kappa shape index (κ3) is 2.44. The monoisotopic (exact) mass is 276 g/mol. The summed E-state index contributed by atoms with van der Waals surface area (Å²) < 4.78 is 15.6. The molecule has 0 saturated carbocycles. The van der Waals surface area contributed by atoms with Crippen molar-refractivity contribution in [2.75, 3.05) is 0 Å². The highest BCUT2D eigenvalue weighted by molar-refractivity contribution is 5.24. The predicted molar refractivity (Wildman–Crippen MR) is 71.3 cm³/mol. The van der Waals surface area contributed by atoms with Gasteiger partial charge in [-0.25, -0.2) is 4.39 Å². The number of benzene rings is 1. The van der Waals surface area contributed by atoms with Gasteiger partial charge < -0.3 is 5.11 Å². The molecule has 0 bridgehead atoms. The third-order valence-corrected chi connectivity index (χ3v) is 3.73. The highest BCUT2D eigenvalue weighted by atomic mass is 19.1. The number of hydrogen-bond donors (Lipinski definition) is 2. The first-order chi connectivity index (χ1) is 9.57. The van der Waals surface area contributed by atoms with Crippen LogP contribution >= 0.6 is 0 Å². The molecular formula is C14H17FN4O. The maximum atomic E-state index is 14.0. The van der Waals surface area contributed by atoms with Crippen molar-refractivity contribution in [1.29, 1.82) is 0 Å². The van der Waals surface area contributed by atoms with Crippen LogP contribution in [0.4, 0.5) is 4.39 Å². The van der Waals surface area contributed by atoms with Crippen LogP contribution in [-0.2, 0) is 12.6 Å². The average molecular weight is 276 g/mol. The highest BCUT2D eigenvalue weighted by Crippen LogP contribution is 2.39. The Hall–Kier alpha value is -1.79. The molecule has 3 rings (SSSR count). The van der Waals surface area contributed by atoms with Crippen molar-refractivity contribution in [1.82, 2.24) is 20.3 Å². The first-order valence-corrected chi connectivity index (χ1v) is 6.61. The van der Waals surface area contributed by atoms with Crippen LogP contribution in [0.25, 0.3) is 0 Å². The van der Waals surface area contributed by atoms with E-state index in [1.54, 1.807) is 17.9 Å². The van der Waals surface area contributed by atoms with E-state index in [4.69, 9.17) is 0 Å². The lowest BCUT2D eigenvalue weighted by Crippen LogP contribution is -2.46. The topological polar surface area (TPSA) is 63.0 Å². The molecule has 5 nitrogen and oxygen atoms in total. The normalized spacial score (nSPS) is 30.4. The van der Waals surface area contributed by atoms with E-state index < -0.39 is 11.9 Å². The number of piperidine rings is 1. The van der Waals surface area contributed by atoms with Gasteiger partial charge in [0.1, 0.15) is 0 Å². The Morgan fingerprint density at radius 2 is 2.10 bits per heavy atom. The molecule has 1 fully saturated rings. The van der Waals surface area contributed by atoms with Crippen molar-refractivity contribution >= 4 is 0 Å². The van der Waals surface area contributed by atoms with Crippen LogP contribution in [0.3, 0.4) is 0 Å². The highest BCUT2D eigenvalue weighted by Gasteiger charge is 2.41. The molecule has 106 valence electrons. The van der Waals surface area contributed by atoms with E-state index in [0.29, 0.717) is 12.1 Å². The van der Waals surface area contributed by atoms with Gasteiger partial charge in [-0.15, -0.1) is 5.10 Å². The van der Waals surface area contributed by atoms with Crippen LogP contribution in [-0.4, -0.2) is 26.4 Å². The van der Waals surface area contributed by atoms with Gasteiger partial charge in [0.2, 0.25) is 0 Å². The second-order valence-electron chi connectivity index (χ2n) is 5.31. The smallest absolute Gasteiger partial charge is 0.154 e. The van der Waals surface area contributed by atoms with Crippen LogP contribution in [0.2, 0.25) is 0 Å². The van der Waals surface area contributed by atoms with Crippen molar-refractivity contribution in [2.45, 2.75) is 30.8 Å². The van der Waals surface area contributed by atoms with Crippen molar-refractivity contribution < 1.29 is 9.50 Å². The summed E-state index contributed by atoms with van der Waals surface area (Å²) in [6, 6.07) is 8.87. The van der Waals surface area contributed by atoms with Gasteiger partial charge in [-0.3, -0.25) is 10.00 Å². The zero-order valence-corrected chi connectivity index (χ0v) is 11.2. The minimum Gasteiger partial charge on any atom is -0.385 e.